The molecule has 0 aliphatic heterocycles. The fourth-order valence-corrected chi connectivity index (χ4v) is 4.26. The van der Waals surface area contributed by atoms with Crippen LogP contribution < -0.4 is 0 Å². The van der Waals surface area contributed by atoms with Gasteiger partial charge >= 0.3 is 0 Å². The van der Waals surface area contributed by atoms with Crippen LogP contribution in [0.15, 0.2) is 27.5 Å². The van der Waals surface area contributed by atoms with Crippen molar-refractivity contribution in [2.75, 3.05) is 0 Å². The SMILES string of the molecule is Oc1c(Br)cc(Br)c2c1CCC2Cc1c[nH]cn1. The third-order valence-corrected chi connectivity index (χ3v) is 4.77. The molecule has 1 aliphatic rings. The second-order valence-corrected chi connectivity index (χ2v) is 6.29. The van der Waals surface area contributed by atoms with E-state index in [1.807, 2.05) is 12.3 Å². The standard InChI is InChI=1S/C13H12Br2N2O/c14-10-4-11(15)13(18)9-2-1-7(12(9)10)3-8-5-16-6-17-8/h4-7,18H,1-3H2,(H,16,17). The normalized spacial score (nSPS) is 18.0. The number of halogens is 2. The molecule has 3 nitrogen and oxygen atoms in total. The molecule has 0 radical (unpaired) electrons. The summed E-state index contributed by atoms with van der Waals surface area (Å²) < 4.78 is 1.83. The Kier molecular flexibility index (Phi) is 3.20. The number of rotatable bonds is 2. The molecule has 0 fully saturated rings. The van der Waals surface area contributed by atoms with Gasteiger partial charge in [-0.05, 0) is 58.3 Å². The summed E-state index contributed by atoms with van der Waals surface area (Å²) in [6, 6.07) is 1.93. The number of aromatic hydroxyl groups is 1. The molecule has 94 valence electrons. The van der Waals surface area contributed by atoms with Gasteiger partial charge in [0, 0.05) is 10.7 Å². The highest BCUT2D eigenvalue weighted by molar-refractivity contribution is 9.11. The summed E-state index contributed by atoms with van der Waals surface area (Å²) in [4.78, 5) is 7.26. The first kappa shape index (κ1) is 12.2. The Bertz CT molecular complexity index is 581. The lowest BCUT2D eigenvalue weighted by atomic mass is 9.96. The fourth-order valence-electron chi connectivity index (χ4n) is 2.69. The number of fused-ring (bicyclic) bond motifs is 1. The van der Waals surface area contributed by atoms with Crippen molar-refractivity contribution < 1.29 is 5.11 Å². The Hall–Kier alpha value is -0.810. The molecular formula is C13H12Br2N2O. The Morgan fingerprint density at radius 1 is 1.39 bits per heavy atom. The number of H-pyrrole nitrogens is 1. The molecule has 1 aliphatic carbocycles. The zero-order chi connectivity index (χ0) is 12.7. The summed E-state index contributed by atoms with van der Waals surface area (Å²) in [5, 5.41) is 10.1. The highest BCUT2D eigenvalue weighted by atomic mass is 79.9. The predicted octanol–water partition coefficient (Wildman–Crippen LogP) is 3.91. The number of hydrogen-bond donors (Lipinski definition) is 2. The quantitative estimate of drug-likeness (QED) is 0.840. The molecule has 3 rings (SSSR count). The topological polar surface area (TPSA) is 48.9 Å². The fraction of sp³-hybridized carbons (Fsp3) is 0.308. The van der Waals surface area contributed by atoms with Crippen LogP contribution in [0.25, 0.3) is 0 Å². The van der Waals surface area contributed by atoms with Crippen molar-refractivity contribution in [1.29, 1.82) is 0 Å². The molecule has 0 spiro atoms. The largest absolute Gasteiger partial charge is 0.506 e. The monoisotopic (exact) mass is 370 g/mol. The number of nitrogens with zero attached hydrogens (tertiary/aromatic N) is 1. The van der Waals surface area contributed by atoms with Crippen LogP contribution in [0, 0.1) is 0 Å². The summed E-state index contributed by atoms with van der Waals surface area (Å²) in [6.07, 6.45) is 6.54. The Balaban J connectivity index is 1.99. The van der Waals surface area contributed by atoms with Gasteiger partial charge in [-0.2, -0.15) is 0 Å². The third kappa shape index (κ3) is 1.99. The smallest absolute Gasteiger partial charge is 0.133 e. The first-order valence-electron chi connectivity index (χ1n) is 5.84. The van der Waals surface area contributed by atoms with E-state index in [0.29, 0.717) is 11.7 Å². The first-order valence-corrected chi connectivity index (χ1v) is 7.43. The molecule has 18 heavy (non-hydrogen) atoms. The van der Waals surface area contributed by atoms with E-state index in [4.69, 9.17) is 0 Å². The van der Waals surface area contributed by atoms with E-state index in [-0.39, 0.29) is 0 Å². The van der Waals surface area contributed by atoms with Gasteiger partial charge in [-0.25, -0.2) is 4.98 Å². The van der Waals surface area contributed by atoms with Gasteiger partial charge in [0.15, 0.2) is 0 Å². The average molecular weight is 372 g/mol. The molecule has 1 aromatic heterocycles. The average Bonchev–Trinajstić information content (AvgIpc) is 2.96. The van der Waals surface area contributed by atoms with Gasteiger partial charge in [0.25, 0.3) is 0 Å². The maximum Gasteiger partial charge on any atom is 0.133 e. The molecule has 0 bridgehead atoms. The maximum atomic E-state index is 10.1. The summed E-state index contributed by atoms with van der Waals surface area (Å²) >= 11 is 6.99. The Morgan fingerprint density at radius 2 is 2.22 bits per heavy atom. The molecule has 1 aromatic carbocycles. The lowest BCUT2D eigenvalue weighted by Crippen LogP contribution is -2.00. The van der Waals surface area contributed by atoms with Crippen LogP contribution in [-0.4, -0.2) is 15.1 Å². The highest BCUT2D eigenvalue weighted by Gasteiger charge is 2.29. The van der Waals surface area contributed by atoms with Gasteiger partial charge in [-0.3, -0.25) is 0 Å². The molecule has 5 heteroatoms. The number of imidazole rings is 1. The van der Waals surface area contributed by atoms with Crippen molar-refractivity contribution in [2.24, 2.45) is 0 Å². The van der Waals surface area contributed by atoms with Crippen molar-refractivity contribution >= 4 is 31.9 Å². The van der Waals surface area contributed by atoms with Crippen LogP contribution in [0.1, 0.15) is 29.2 Å². The van der Waals surface area contributed by atoms with Gasteiger partial charge < -0.3 is 10.1 Å². The summed E-state index contributed by atoms with van der Waals surface area (Å²) in [5.41, 5.74) is 3.37. The Morgan fingerprint density at radius 3 is 2.94 bits per heavy atom. The molecule has 0 amide bonds. The van der Waals surface area contributed by atoms with Gasteiger partial charge in [0.05, 0.1) is 16.5 Å². The third-order valence-electron chi connectivity index (χ3n) is 3.51. The number of nitrogens with one attached hydrogen (secondary N) is 1. The second kappa shape index (κ2) is 4.70. The molecule has 1 atom stereocenters. The van der Waals surface area contributed by atoms with Gasteiger partial charge in [0.2, 0.25) is 0 Å². The zero-order valence-corrected chi connectivity index (χ0v) is 12.8. The van der Waals surface area contributed by atoms with E-state index in [1.54, 1.807) is 6.33 Å². The second-order valence-electron chi connectivity index (χ2n) is 4.58. The van der Waals surface area contributed by atoms with Gasteiger partial charge in [0.1, 0.15) is 5.75 Å². The summed E-state index contributed by atoms with van der Waals surface area (Å²) in [7, 11) is 0. The molecule has 1 heterocycles. The van der Waals surface area contributed by atoms with Gasteiger partial charge in [-0.1, -0.05) is 15.9 Å². The minimum absolute atomic E-state index is 0.387. The van der Waals surface area contributed by atoms with Gasteiger partial charge in [-0.15, -0.1) is 0 Å². The number of aromatic nitrogens is 2. The summed E-state index contributed by atoms with van der Waals surface area (Å²) in [5.74, 6) is 0.814. The molecular weight excluding hydrogens is 360 g/mol. The number of phenols is 1. The minimum atomic E-state index is 0.387. The van der Waals surface area contributed by atoms with E-state index in [1.165, 1.54) is 5.56 Å². The summed E-state index contributed by atoms with van der Waals surface area (Å²) in [6.45, 7) is 0. The molecule has 2 aromatic rings. The molecule has 2 N–H and O–H groups in total. The van der Waals surface area contributed by atoms with Crippen molar-refractivity contribution in [3.8, 4) is 5.75 Å². The number of hydrogen-bond acceptors (Lipinski definition) is 2. The van der Waals surface area contributed by atoms with Crippen LogP contribution in [0.4, 0.5) is 0 Å². The van der Waals surface area contributed by atoms with Crippen LogP contribution in [0.5, 0.6) is 5.75 Å². The molecule has 1 unspecified atom stereocenters. The molecule has 0 saturated heterocycles. The predicted molar refractivity (Wildman–Crippen MR) is 76.9 cm³/mol. The first-order chi connectivity index (χ1) is 8.66. The van der Waals surface area contributed by atoms with E-state index in [9.17, 15) is 5.11 Å². The van der Waals surface area contributed by atoms with Crippen LogP contribution in [0.2, 0.25) is 0 Å². The van der Waals surface area contributed by atoms with Crippen molar-refractivity contribution in [1.82, 2.24) is 9.97 Å². The minimum Gasteiger partial charge on any atom is -0.506 e. The zero-order valence-electron chi connectivity index (χ0n) is 9.58. The van der Waals surface area contributed by atoms with E-state index < -0.39 is 0 Å². The maximum absolute atomic E-state index is 10.1. The Labute approximate surface area is 122 Å². The highest BCUT2D eigenvalue weighted by Crippen LogP contribution is 2.46. The number of aromatic amines is 1. The lowest BCUT2D eigenvalue weighted by molar-refractivity contribution is 0.465. The van der Waals surface area contributed by atoms with E-state index in [0.717, 1.165) is 39.5 Å². The lowest BCUT2D eigenvalue weighted by Gasteiger charge is -2.13. The van der Waals surface area contributed by atoms with Crippen molar-refractivity contribution in [2.45, 2.75) is 25.2 Å². The van der Waals surface area contributed by atoms with Crippen molar-refractivity contribution in [3.05, 3.63) is 44.4 Å². The van der Waals surface area contributed by atoms with Crippen LogP contribution in [0.3, 0.4) is 0 Å². The van der Waals surface area contributed by atoms with E-state index >= 15 is 0 Å². The van der Waals surface area contributed by atoms with Crippen LogP contribution in [-0.2, 0) is 12.8 Å². The number of phenolic OH excluding ortho intramolecular Hbond substituents is 1. The van der Waals surface area contributed by atoms with E-state index in [2.05, 4.69) is 41.8 Å². The number of benzene rings is 1. The van der Waals surface area contributed by atoms with Crippen LogP contribution >= 0.6 is 31.9 Å². The molecule has 0 saturated carbocycles. The van der Waals surface area contributed by atoms with Crippen molar-refractivity contribution in [3.63, 3.8) is 0 Å².